The Morgan fingerprint density at radius 3 is 2.87 bits per heavy atom. The van der Waals surface area contributed by atoms with Gasteiger partial charge in [-0.15, -0.1) is 0 Å². The molecule has 1 fully saturated rings. The van der Waals surface area contributed by atoms with E-state index in [4.69, 9.17) is 5.73 Å². The molecule has 3 amide bonds. The summed E-state index contributed by atoms with van der Waals surface area (Å²) < 4.78 is 0. The lowest BCUT2D eigenvalue weighted by molar-refractivity contribution is -0.124. The van der Waals surface area contributed by atoms with Gasteiger partial charge in [0.05, 0.1) is 6.54 Å². The van der Waals surface area contributed by atoms with Crippen LogP contribution in [0.4, 0.5) is 4.79 Å². The summed E-state index contributed by atoms with van der Waals surface area (Å²) in [6, 6.07) is -0.271. The second-order valence-electron chi connectivity index (χ2n) is 3.62. The minimum atomic E-state index is -0.271. The van der Waals surface area contributed by atoms with Crippen LogP contribution in [0.5, 0.6) is 0 Å². The number of carbonyl (C=O) groups is 2. The van der Waals surface area contributed by atoms with E-state index in [2.05, 4.69) is 12.2 Å². The lowest BCUT2D eigenvalue weighted by Gasteiger charge is -2.12. The molecular formula is C9H17N3O2S. The van der Waals surface area contributed by atoms with Gasteiger partial charge in [0.2, 0.25) is 5.91 Å². The van der Waals surface area contributed by atoms with Gasteiger partial charge >= 0.3 is 6.03 Å². The minimum Gasteiger partial charge on any atom is -0.330 e. The molecule has 1 saturated heterocycles. The number of hydrogen-bond acceptors (Lipinski definition) is 4. The molecule has 0 radical (unpaired) electrons. The quantitative estimate of drug-likeness (QED) is 0.493. The van der Waals surface area contributed by atoms with E-state index in [9.17, 15) is 9.59 Å². The highest BCUT2D eigenvalue weighted by Crippen LogP contribution is 2.08. The van der Waals surface area contributed by atoms with Crippen molar-refractivity contribution < 1.29 is 9.59 Å². The largest absolute Gasteiger partial charge is 0.330 e. The first-order valence-electron chi connectivity index (χ1n) is 5.01. The van der Waals surface area contributed by atoms with Gasteiger partial charge in [-0.25, -0.2) is 4.79 Å². The van der Waals surface area contributed by atoms with Gasteiger partial charge in [-0.2, -0.15) is 11.8 Å². The van der Waals surface area contributed by atoms with Gasteiger partial charge in [-0.05, 0) is 18.2 Å². The van der Waals surface area contributed by atoms with Crippen LogP contribution in [0.1, 0.15) is 6.92 Å². The van der Waals surface area contributed by atoms with Crippen LogP contribution in [-0.2, 0) is 4.79 Å². The van der Waals surface area contributed by atoms with E-state index in [1.807, 2.05) is 0 Å². The molecular weight excluding hydrogens is 214 g/mol. The Balaban J connectivity index is 2.14. The molecule has 1 heterocycles. The van der Waals surface area contributed by atoms with Crippen molar-refractivity contribution in [3.05, 3.63) is 0 Å². The number of imide groups is 1. The van der Waals surface area contributed by atoms with Crippen LogP contribution < -0.4 is 11.1 Å². The highest BCUT2D eigenvalue weighted by Gasteiger charge is 2.27. The van der Waals surface area contributed by atoms with Crippen molar-refractivity contribution in [2.45, 2.75) is 6.92 Å². The molecule has 86 valence electrons. The molecule has 15 heavy (non-hydrogen) atoms. The number of carbonyl (C=O) groups excluding carboxylic acids is 2. The number of hydrogen-bond donors (Lipinski definition) is 2. The van der Waals surface area contributed by atoms with Gasteiger partial charge in [0.25, 0.3) is 0 Å². The third-order valence-electron chi connectivity index (χ3n) is 2.20. The lowest BCUT2D eigenvalue weighted by Crippen LogP contribution is -2.33. The molecule has 1 aliphatic rings. The van der Waals surface area contributed by atoms with E-state index in [0.29, 0.717) is 19.0 Å². The molecule has 0 spiro atoms. The SMILES string of the molecule is CC(CN)CSCCN1C(=O)CNC1=O. The molecule has 1 rings (SSSR count). The second kappa shape index (κ2) is 5.97. The topological polar surface area (TPSA) is 75.4 Å². The van der Waals surface area contributed by atoms with Crippen LogP contribution in [0.25, 0.3) is 0 Å². The maximum absolute atomic E-state index is 11.2. The summed E-state index contributed by atoms with van der Waals surface area (Å²) in [4.78, 5) is 23.6. The van der Waals surface area contributed by atoms with Crippen LogP contribution in [-0.4, -0.2) is 48.0 Å². The molecule has 0 bridgehead atoms. The monoisotopic (exact) mass is 231 g/mol. The Kier molecular flexibility index (Phi) is 4.90. The summed E-state index contributed by atoms with van der Waals surface area (Å²) in [6.45, 7) is 3.40. The van der Waals surface area contributed by atoms with E-state index >= 15 is 0 Å². The number of nitrogens with one attached hydrogen (secondary N) is 1. The molecule has 5 nitrogen and oxygen atoms in total. The summed E-state index contributed by atoms with van der Waals surface area (Å²) in [7, 11) is 0. The molecule has 3 N–H and O–H groups in total. The Hall–Kier alpha value is -0.750. The molecule has 1 atom stereocenters. The molecule has 0 aromatic heterocycles. The summed E-state index contributed by atoms with van der Waals surface area (Å²) >= 11 is 1.72. The van der Waals surface area contributed by atoms with Gasteiger partial charge in [-0.3, -0.25) is 9.69 Å². The van der Waals surface area contributed by atoms with Crippen molar-refractivity contribution in [3.8, 4) is 0 Å². The molecule has 6 heteroatoms. The average molecular weight is 231 g/mol. The van der Waals surface area contributed by atoms with Crippen molar-refractivity contribution in [1.29, 1.82) is 0 Å². The predicted octanol–water partition coefficient (Wildman–Crippen LogP) is -0.134. The third kappa shape index (κ3) is 3.71. The van der Waals surface area contributed by atoms with Gasteiger partial charge in [0.15, 0.2) is 0 Å². The third-order valence-corrected chi connectivity index (χ3v) is 3.48. The minimum absolute atomic E-state index is 0.132. The first-order valence-corrected chi connectivity index (χ1v) is 6.16. The van der Waals surface area contributed by atoms with Gasteiger partial charge in [0, 0.05) is 12.3 Å². The normalized spacial score (nSPS) is 18.1. The Labute approximate surface area is 93.7 Å². The van der Waals surface area contributed by atoms with Gasteiger partial charge in [0.1, 0.15) is 0 Å². The van der Waals surface area contributed by atoms with E-state index in [0.717, 1.165) is 11.5 Å². The van der Waals surface area contributed by atoms with Crippen molar-refractivity contribution in [1.82, 2.24) is 10.2 Å². The average Bonchev–Trinajstić information content (AvgIpc) is 2.54. The van der Waals surface area contributed by atoms with Crippen molar-refractivity contribution in [2.24, 2.45) is 11.7 Å². The highest BCUT2D eigenvalue weighted by atomic mass is 32.2. The molecule has 0 aromatic rings. The van der Waals surface area contributed by atoms with Crippen LogP contribution in [0.3, 0.4) is 0 Å². The fourth-order valence-electron chi connectivity index (χ4n) is 1.19. The Bertz CT molecular complexity index is 232. The second-order valence-corrected chi connectivity index (χ2v) is 4.77. The van der Waals surface area contributed by atoms with Crippen molar-refractivity contribution >= 4 is 23.7 Å². The number of rotatable bonds is 6. The van der Waals surface area contributed by atoms with E-state index in [-0.39, 0.29) is 18.5 Å². The standard InChI is InChI=1S/C9H17N3O2S/c1-7(4-10)6-15-3-2-12-8(13)5-11-9(12)14/h7H,2-6,10H2,1H3,(H,11,14). The number of nitrogens with zero attached hydrogens (tertiary/aromatic N) is 1. The van der Waals surface area contributed by atoms with E-state index in [1.54, 1.807) is 11.8 Å². The summed E-state index contributed by atoms with van der Waals surface area (Å²) in [5.74, 6) is 2.11. The number of nitrogens with two attached hydrogens (primary N) is 1. The molecule has 0 aliphatic carbocycles. The zero-order valence-electron chi connectivity index (χ0n) is 8.86. The molecule has 0 saturated carbocycles. The number of amides is 3. The van der Waals surface area contributed by atoms with Crippen molar-refractivity contribution in [3.63, 3.8) is 0 Å². The summed E-state index contributed by atoms with van der Waals surface area (Å²) in [5, 5.41) is 2.49. The van der Waals surface area contributed by atoms with Crippen LogP contribution >= 0.6 is 11.8 Å². The fourth-order valence-corrected chi connectivity index (χ4v) is 2.21. The smallest absolute Gasteiger partial charge is 0.324 e. The first-order chi connectivity index (χ1) is 7.15. The maximum Gasteiger partial charge on any atom is 0.324 e. The number of urea groups is 1. The van der Waals surface area contributed by atoms with Gasteiger partial charge < -0.3 is 11.1 Å². The van der Waals surface area contributed by atoms with Crippen molar-refractivity contribution in [2.75, 3.05) is 31.1 Å². The zero-order chi connectivity index (χ0) is 11.3. The van der Waals surface area contributed by atoms with Gasteiger partial charge in [-0.1, -0.05) is 6.92 Å². The van der Waals surface area contributed by atoms with Crippen LogP contribution in [0.2, 0.25) is 0 Å². The Morgan fingerprint density at radius 1 is 1.60 bits per heavy atom. The van der Waals surface area contributed by atoms with E-state index < -0.39 is 0 Å². The highest BCUT2D eigenvalue weighted by molar-refractivity contribution is 7.99. The summed E-state index contributed by atoms with van der Waals surface area (Å²) in [5.41, 5.74) is 5.48. The zero-order valence-corrected chi connectivity index (χ0v) is 9.68. The molecule has 1 aliphatic heterocycles. The lowest BCUT2D eigenvalue weighted by atomic mass is 10.2. The van der Waals surface area contributed by atoms with Crippen LogP contribution in [0.15, 0.2) is 0 Å². The predicted molar refractivity (Wildman–Crippen MR) is 60.7 cm³/mol. The summed E-state index contributed by atoms with van der Waals surface area (Å²) in [6.07, 6.45) is 0. The van der Waals surface area contributed by atoms with E-state index in [1.165, 1.54) is 4.90 Å². The molecule has 1 unspecified atom stereocenters. The fraction of sp³-hybridized carbons (Fsp3) is 0.778. The van der Waals surface area contributed by atoms with Crippen LogP contribution in [0, 0.1) is 5.92 Å². The number of thioether (sulfide) groups is 1. The Morgan fingerprint density at radius 2 is 2.33 bits per heavy atom. The first kappa shape index (κ1) is 12.3. The molecule has 0 aromatic carbocycles. The maximum atomic E-state index is 11.2.